The van der Waals surface area contributed by atoms with Gasteiger partial charge >= 0.3 is 5.97 Å². The lowest BCUT2D eigenvalue weighted by molar-refractivity contribution is -0.141. The van der Waals surface area contributed by atoms with Crippen LogP contribution < -0.4 is 16.0 Å². The van der Waals surface area contributed by atoms with Crippen molar-refractivity contribution in [2.45, 2.75) is 34.1 Å². The second kappa shape index (κ2) is 8.73. The van der Waals surface area contributed by atoms with Gasteiger partial charge in [0.05, 0.1) is 18.2 Å². The highest BCUT2D eigenvalue weighted by Gasteiger charge is 2.47. The van der Waals surface area contributed by atoms with Crippen LogP contribution in [0.2, 0.25) is 0 Å². The molecule has 2 atom stereocenters. The van der Waals surface area contributed by atoms with Gasteiger partial charge in [0, 0.05) is 62.0 Å². The summed E-state index contributed by atoms with van der Waals surface area (Å²) in [4.78, 5) is 49.1. The first-order valence-corrected chi connectivity index (χ1v) is 13.0. The summed E-state index contributed by atoms with van der Waals surface area (Å²) in [6, 6.07) is 0. The molecule has 0 spiro atoms. The maximum atomic E-state index is 13.7. The monoisotopic (exact) mass is 522 g/mol. The van der Waals surface area contributed by atoms with Crippen molar-refractivity contribution in [2.75, 3.05) is 7.11 Å². The predicted molar refractivity (Wildman–Crippen MR) is 150 cm³/mol. The summed E-state index contributed by atoms with van der Waals surface area (Å²) < 4.78 is 5.09. The SMILES string of the molecule is C=Cc1c2[nH]c(c1C)/C=C1/C[C@H](C)/C(=C3/c4[nH]c(c(C)c4C(=O)[C@@H]3C(=O)OC)/C=c3\[nH]/c(c(C=O)c3C)=C\2)N1. The predicted octanol–water partition coefficient (Wildman–Crippen LogP) is 3.39. The Morgan fingerprint density at radius 3 is 2.38 bits per heavy atom. The fraction of sp³-hybridized carbons (Fsp3) is 0.258. The summed E-state index contributed by atoms with van der Waals surface area (Å²) in [6.07, 6.45) is 9.29. The number of carbonyl (C=O) groups excluding carboxylic acids is 3. The molecule has 1 fully saturated rings. The van der Waals surface area contributed by atoms with Crippen molar-refractivity contribution < 1.29 is 19.1 Å². The normalized spacial score (nSPS) is 24.2. The number of nitrogens with one attached hydrogen (secondary N) is 4. The first-order valence-electron chi connectivity index (χ1n) is 13.0. The Morgan fingerprint density at radius 2 is 1.69 bits per heavy atom. The number of rotatable bonds is 3. The molecule has 1 aliphatic carbocycles. The van der Waals surface area contributed by atoms with E-state index < -0.39 is 11.9 Å². The van der Waals surface area contributed by atoms with Crippen molar-refractivity contribution in [3.63, 3.8) is 0 Å². The minimum Gasteiger partial charge on any atom is -0.468 e. The van der Waals surface area contributed by atoms with Crippen LogP contribution in [0.3, 0.4) is 0 Å². The quantitative estimate of drug-likeness (QED) is 0.239. The number of ketones is 1. The van der Waals surface area contributed by atoms with Crippen LogP contribution in [-0.4, -0.2) is 40.1 Å². The Balaban J connectivity index is 1.73. The van der Waals surface area contributed by atoms with Crippen LogP contribution in [0, 0.1) is 32.6 Å². The van der Waals surface area contributed by atoms with Gasteiger partial charge in [-0.1, -0.05) is 19.6 Å². The molecule has 5 heterocycles. The number of esters is 1. The van der Waals surface area contributed by atoms with Crippen molar-refractivity contribution in [2.24, 2.45) is 11.8 Å². The van der Waals surface area contributed by atoms with Crippen LogP contribution in [0.1, 0.15) is 79.1 Å². The van der Waals surface area contributed by atoms with Crippen LogP contribution in [-0.2, 0) is 9.53 Å². The third-order valence-corrected chi connectivity index (χ3v) is 8.35. The van der Waals surface area contributed by atoms with Gasteiger partial charge in [0.25, 0.3) is 0 Å². The number of ether oxygens (including phenoxy) is 1. The third-order valence-electron chi connectivity index (χ3n) is 8.35. The minimum atomic E-state index is -1.03. The Bertz CT molecular complexity index is 1820. The van der Waals surface area contributed by atoms with Crippen molar-refractivity contribution in [3.8, 4) is 0 Å². The maximum absolute atomic E-state index is 13.7. The van der Waals surface area contributed by atoms with E-state index >= 15 is 0 Å². The molecule has 3 aromatic heterocycles. The molecule has 3 aromatic rings. The van der Waals surface area contributed by atoms with Gasteiger partial charge in [0.1, 0.15) is 5.92 Å². The van der Waals surface area contributed by atoms with E-state index in [4.69, 9.17) is 4.74 Å². The smallest absolute Gasteiger partial charge is 0.321 e. The lowest BCUT2D eigenvalue weighted by Gasteiger charge is -2.15. The third kappa shape index (κ3) is 3.47. The van der Waals surface area contributed by atoms with Gasteiger partial charge in [0.15, 0.2) is 12.1 Å². The Kier molecular flexibility index (Phi) is 5.53. The van der Waals surface area contributed by atoms with Crippen LogP contribution in [0.5, 0.6) is 0 Å². The van der Waals surface area contributed by atoms with Gasteiger partial charge in [-0.25, -0.2) is 0 Å². The fourth-order valence-corrected chi connectivity index (χ4v) is 6.23. The van der Waals surface area contributed by atoms with Crippen molar-refractivity contribution in [3.05, 3.63) is 84.8 Å². The van der Waals surface area contributed by atoms with E-state index in [2.05, 4.69) is 39.8 Å². The van der Waals surface area contributed by atoms with Gasteiger partial charge in [-0.05, 0) is 62.1 Å². The van der Waals surface area contributed by atoms with Gasteiger partial charge in [-0.3, -0.25) is 14.4 Å². The van der Waals surface area contributed by atoms with E-state index in [0.29, 0.717) is 34.2 Å². The highest BCUT2D eigenvalue weighted by molar-refractivity contribution is 6.24. The molecule has 1 saturated heterocycles. The molecule has 0 amide bonds. The van der Waals surface area contributed by atoms with Crippen molar-refractivity contribution in [1.29, 1.82) is 0 Å². The lowest BCUT2D eigenvalue weighted by Crippen LogP contribution is -2.24. The fourth-order valence-electron chi connectivity index (χ4n) is 6.23. The largest absolute Gasteiger partial charge is 0.468 e. The first kappa shape index (κ1) is 24.7. The van der Waals surface area contributed by atoms with E-state index in [-0.39, 0.29) is 11.7 Å². The number of carbonyl (C=O) groups is 3. The summed E-state index contributed by atoms with van der Waals surface area (Å²) in [7, 11) is 1.31. The second-order valence-electron chi connectivity index (χ2n) is 10.6. The molecule has 8 bridgehead atoms. The number of H-pyrrole nitrogens is 3. The number of hydrogen-bond donors (Lipinski definition) is 4. The zero-order valence-corrected chi connectivity index (χ0v) is 22.6. The Labute approximate surface area is 225 Å². The number of methoxy groups -OCH3 is 1. The van der Waals surface area contributed by atoms with Gasteiger partial charge in [0.2, 0.25) is 0 Å². The zero-order chi connectivity index (χ0) is 27.7. The summed E-state index contributed by atoms with van der Waals surface area (Å²) >= 11 is 0. The van der Waals surface area contributed by atoms with Crippen LogP contribution >= 0.6 is 0 Å². The average molecular weight is 523 g/mol. The molecular weight excluding hydrogens is 492 g/mol. The van der Waals surface area contributed by atoms with Crippen LogP contribution in [0.4, 0.5) is 0 Å². The topological polar surface area (TPSA) is 120 Å². The standard InChI is InChI=1S/C31H30N4O4/c1-7-18-14(3)20-9-17-8-13(2)28(32-17)26-27(31(38)39-6)30(37)25-16(5)22(35-29(25)26)10-21-15(4)19(12-36)24(34-21)11-23(18)33-20/h7,9-13,27,32-35H,1,8H2,2-6H3/b17-9-,21-10-,24-11-,28-26-/t13-,27+/m0/s1. The van der Waals surface area contributed by atoms with E-state index in [9.17, 15) is 14.4 Å². The molecule has 0 saturated carbocycles. The molecule has 4 N–H and O–H groups in total. The molecule has 0 aromatic carbocycles. The van der Waals surface area contributed by atoms with Crippen molar-refractivity contribution >= 4 is 47.9 Å². The summed E-state index contributed by atoms with van der Waals surface area (Å²) in [5.74, 6) is -1.83. The molecule has 0 unspecified atom stereocenters. The number of aromatic amines is 3. The molecule has 2 aliphatic heterocycles. The number of allylic oxidation sites excluding steroid dienone is 2. The molecule has 8 heteroatoms. The molecule has 8 nitrogen and oxygen atoms in total. The second-order valence-corrected chi connectivity index (χ2v) is 10.6. The van der Waals surface area contributed by atoms with E-state index in [1.165, 1.54) is 7.11 Å². The Morgan fingerprint density at radius 1 is 0.974 bits per heavy atom. The molecule has 3 aliphatic rings. The summed E-state index contributed by atoms with van der Waals surface area (Å²) in [5.41, 5.74) is 10.2. The first-order chi connectivity index (χ1) is 18.7. The number of fused-ring (bicyclic) bond motifs is 7. The molecule has 0 radical (unpaired) electrons. The molecule has 39 heavy (non-hydrogen) atoms. The zero-order valence-electron chi connectivity index (χ0n) is 22.6. The van der Waals surface area contributed by atoms with E-state index in [0.717, 1.165) is 62.4 Å². The highest BCUT2D eigenvalue weighted by Crippen LogP contribution is 2.45. The van der Waals surface area contributed by atoms with Gasteiger partial charge < -0.3 is 25.0 Å². The average Bonchev–Trinajstić information content (AvgIpc) is 3.65. The lowest BCUT2D eigenvalue weighted by atomic mass is 9.93. The van der Waals surface area contributed by atoms with Crippen molar-refractivity contribution in [1.82, 2.24) is 20.3 Å². The van der Waals surface area contributed by atoms with Crippen LogP contribution in [0.15, 0.2) is 18.0 Å². The Hall–Kier alpha value is -4.59. The van der Waals surface area contributed by atoms with Gasteiger partial charge in [-0.15, -0.1) is 0 Å². The number of hydrogen-bond acceptors (Lipinski definition) is 5. The number of Topliss-reactive ketones (excluding diaryl/α,β-unsaturated/α-hetero) is 1. The number of aldehydes is 1. The molecule has 6 rings (SSSR count). The van der Waals surface area contributed by atoms with E-state index in [1.54, 1.807) is 0 Å². The molecular formula is C31H30N4O4. The molecule has 198 valence electrons. The van der Waals surface area contributed by atoms with E-state index in [1.807, 2.05) is 39.0 Å². The summed E-state index contributed by atoms with van der Waals surface area (Å²) in [5, 5.41) is 4.97. The van der Waals surface area contributed by atoms with Crippen LogP contribution in [0.25, 0.3) is 29.9 Å². The minimum absolute atomic E-state index is 0.0481. The highest BCUT2D eigenvalue weighted by atomic mass is 16.5. The summed E-state index contributed by atoms with van der Waals surface area (Å²) in [6.45, 7) is 11.9. The van der Waals surface area contributed by atoms with Gasteiger partial charge in [-0.2, -0.15) is 0 Å². The maximum Gasteiger partial charge on any atom is 0.321 e. The number of aromatic nitrogens is 3.